The zero-order chi connectivity index (χ0) is 15.9. The Morgan fingerprint density at radius 1 is 1.55 bits per heavy atom. The number of benzene rings is 1. The zero-order valence-corrected chi connectivity index (χ0v) is 12.9. The van der Waals surface area contributed by atoms with Crippen molar-refractivity contribution in [1.29, 1.82) is 5.26 Å². The van der Waals surface area contributed by atoms with Crippen molar-refractivity contribution in [2.45, 2.75) is 25.1 Å². The molecule has 1 aromatic carbocycles. The molecule has 1 saturated carbocycles. The number of carbonyl (C=O) groups is 1. The number of halogens is 1. The lowest BCUT2D eigenvalue weighted by Gasteiger charge is -2.24. The summed E-state index contributed by atoms with van der Waals surface area (Å²) in [7, 11) is 0. The first-order valence-electron chi connectivity index (χ1n) is 7.12. The van der Waals surface area contributed by atoms with Crippen molar-refractivity contribution in [1.82, 2.24) is 4.90 Å². The van der Waals surface area contributed by atoms with Crippen LogP contribution in [-0.2, 0) is 4.79 Å². The minimum absolute atomic E-state index is 0.0253. The molecule has 0 spiro atoms. The third-order valence-corrected chi connectivity index (χ3v) is 5.19. The molecule has 4 nitrogen and oxygen atoms in total. The average Bonchev–Trinajstić information content (AvgIpc) is 3.23. The van der Waals surface area contributed by atoms with Crippen LogP contribution in [-0.4, -0.2) is 27.9 Å². The highest BCUT2D eigenvalue weighted by atomic mass is 32.2. The maximum atomic E-state index is 13.5. The molecule has 0 radical (unpaired) electrons. The van der Waals surface area contributed by atoms with Gasteiger partial charge in [-0.15, -0.1) is 0 Å². The highest BCUT2D eigenvalue weighted by Crippen LogP contribution is 2.46. The molecule has 1 fully saturated rings. The molecule has 22 heavy (non-hydrogen) atoms. The van der Waals surface area contributed by atoms with E-state index in [9.17, 15) is 14.3 Å². The van der Waals surface area contributed by atoms with Crippen LogP contribution in [0.15, 0.2) is 23.9 Å². The van der Waals surface area contributed by atoms with Crippen LogP contribution in [0.3, 0.4) is 0 Å². The van der Waals surface area contributed by atoms with Crippen LogP contribution in [0, 0.1) is 23.1 Å². The summed E-state index contributed by atoms with van der Waals surface area (Å²) < 4.78 is 13.5. The molecule has 1 N–H and O–H groups in total. The Kier molecular flexibility index (Phi) is 3.83. The van der Waals surface area contributed by atoms with Crippen molar-refractivity contribution in [3.63, 3.8) is 0 Å². The van der Waals surface area contributed by atoms with Crippen LogP contribution < -0.4 is 0 Å². The smallest absolute Gasteiger partial charge is 0.353 e. The largest absolute Gasteiger partial charge is 0.477 e. The molecule has 0 bridgehead atoms. The van der Waals surface area contributed by atoms with E-state index in [1.165, 1.54) is 30.0 Å². The summed E-state index contributed by atoms with van der Waals surface area (Å²) in [6, 6.07) is 5.98. The van der Waals surface area contributed by atoms with Gasteiger partial charge in [-0.3, -0.25) is 0 Å². The molecule has 1 aliphatic heterocycles. The standard InChI is InChI=1S/C16H15FN2O2S/c1-9-19(8-10-2-3-10)14(16(20)21)15(22-9)11-4-5-13(17)12(6-11)7-18/h4-6,9-10H,2-3,8H2,1H3,(H,20,21). The van der Waals surface area contributed by atoms with Gasteiger partial charge in [-0.1, -0.05) is 17.8 Å². The molecule has 3 rings (SSSR count). The van der Waals surface area contributed by atoms with Crippen LogP contribution in [0.2, 0.25) is 0 Å². The SMILES string of the molecule is CC1SC(c2ccc(F)c(C#N)c2)=C(C(=O)O)N1CC1CC1. The molecule has 1 unspecified atom stereocenters. The number of nitriles is 1. The summed E-state index contributed by atoms with van der Waals surface area (Å²) in [5.41, 5.74) is 0.786. The van der Waals surface area contributed by atoms with E-state index in [1.807, 2.05) is 11.8 Å². The first kappa shape index (κ1) is 14.9. The average molecular weight is 318 g/mol. The van der Waals surface area contributed by atoms with E-state index in [0.717, 1.165) is 19.4 Å². The van der Waals surface area contributed by atoms with E-state index in [2.05, 4.69) is 0 Å². The van der Waals surface area contributed by atoms with Crippen LogP contribution in [0.5, 0.6) is 0 Å². The summed E-state index contributed by atoms with van der Waals surface area (Å²) >= 11 is 1.45. The summed E-state index contributed by atoms with van der Waals surface area (Å²) in [5.74, 6) is -0.996. The lowest BCUT2D eigenvalue weighted by Crippen LogP contribution is -2.31. The fourth-order valence-electron chi connectivity index (χ4n) is 2.60. The van der Waals surface area contributed by atoms with Gasteiger partial charge in [0.05, 0.1) is 10.9 Å². The van der Waals surface area contributed by atoms with Crippen molar-refractivity contribution in [2.75, 3.05) is 6.54 Å². The van der Waals surface area contributed by atoms with Gasteiger partial charge >= 0.3 is 5.97 Å². The molecular formula is C16H15FN2O2S. The molecule has 1 aliphatic carbocycles. The van der Waals surface area contributed by atoms with Gasteiger partial charge in [0.25, 0.3) is 0 Å². The minimum atomic E-state index is -0.977. The van der Waals surface area contributed by atoms with E-state index in [4.69, 9.17) is 5.26 Å². The second-order valence-corrected chi connectivity index (χ2v) is 6.93. The molecule has 114 valence electrons. The fraction of sp³-hybridized carbons (Fsp3) is 0.375. The number of nitrogens with zero attached hydrogens (tertiary/aromatic N) is 2. The van der Waals surface area contributed by atoms with Gasteiger partial charge in [0.2, 0.25) is 0 Å². The van der Waals surface area contributed by atoms with Crippen LogP contribution in [0.4, 0.5) is 4.39 Å². The molecule has 6 heteroatoms. The summed E-state index contributed by atoms with van der Waals surface area (Å²) in [6.07, 6.45) is 2.29. The highest BCUT2D eigenvalue weighted by Gasteiger charge is 2.37. The van der Waals surface area contributed by atoms with Crippen LogP contribution >= 0.6 is 11.8 Å². The van der Waals surface area contributed by atoms with E-state index < -0.39 is 11.8 Å². The maximum absolute atomic E-state index is 13.5. The number of carboxylic acids is 1. The minimum Gasteiger partial charge on any atom is -0.477 e. The lowest BCUT2D eigenvalue weighted by molar-refractivity contribution is -0.134. The van der Waals surface area contributed by atoms with Gasteiger partial charge in [-0.05, 0) is 43.4 Å². The first-order chi connectivity index (χ1) is 10.5. The molecular weight excluding hydrogens is 303 g/mol. The molecule has 2 aliphatic rings. The second-order valence-electron chi connectivity index (χ2n) is 5.60. The van der Waals surface area contributed by atoms with Crippen molar-refractivity contribution >= 4 is 22.6 Å². The number of hydrogen-bond donors (Lipinski definition) is 1. The summed E-state index contributed by atoms with van der Waals surface area (Å²) in [5, 5.41) is 18.6. The Morgan fingerprint density at radius 3 is 2.86 bits per heavy atom. The molecule has 1 heterocycles. The normalized spacial score (nSPS) is 21.1. The zero-order valence-electron chi connectivity index (χ0n) is 12.0. The topological polar surface area (TPSA) is 64.3 Å². The molecule has 0 saturated heterocycles. The Labute approximate surface area is 132 Å². The monoisotopic (exact) mass is 318 g/mol. The van der Waals surface area contributed by atoms with E-state index >= 15 is 0 Å². The Hall–Kier alpha value is -2.00. The molecule has 1 atom stereocenters. The molecule has 0 amide bonds. The van der Waals surface area contributed by atoms with Crippen molar-refractivity contribution in [2.24, 2.45) is 5.92 Å². The van der Waals surface area contributed by atoms with Gasteiger partial charge in [-0.2, -0.15) is 5.26 Å². The van der Waals surface area contributed by atoms with E-state index in [1.54, 1.807) is 6.07 Å². The third kappa shape index (κ3) is 2.69. The Balaban J connectivity index is 2.03. The molecule has 1 aromatic rings. The third-order valence-electron chi connectivity index (χ3n) is 3.93. The predicted molar refractivity (Wildman–Crippen MR) is 82.2 cm³/mol. The summed E-state index contributed by atoms with van der Waals surface area (Å²) in [6.45, 7) is 2.71. The summed E-state index contributed by atoms with van der Waals surface area (Å²) in [4.78, 5) is 14.2. The highest BCUT2D eigenvalue weighted by molar-refractivity contribution is 8.09. The maximum Gasteiger partial charge on any atom is 0.353 e. The Bertz CT molecular complexity index is 707. The van der Waals surface area contributed by atoms with Crippen molar-refractivity contribution in [3.8, 4) is 6.07 Å². The van der Waals surface area contributed by atoms with Gasteiger partial charge < -0.3 is 10.0 Å². The number of carboxylic acid groups (broad SMARTS) is 1. The van der Waals surface area contributed by atoms with Gasteiger partial charge in [-0.25, -0.2) is 9.18 Å². The fourth-order valence-corrected chi connectivity index (χ4v) is 3.84. The van der Waals surface area contributed by atoms with Gasteiger partial charge in [0.15, 0.2) is 0 Å². The van der Waals surface area contributed by atoms with E-state index in [-0.39, 0.29) is 16.6 Å². The van der Waals surface area contributed by atoms with Crippen LogP contribution in [0.1, 0.15) is 30.9 Å². The van der Waals surface area contributed by atoms with Crippen molar-refractivity contribution < 1.29 is 14.3 Å². The second kappa shape index (κ2) is 5.65. The van der Waals surface area contributed by atoms with Gasteiger partial charge in [0.1, 0.15) is 17.6 Å². The lowest BCUT2D eigenvalue weighted by atomic mass is 10.1. The van der Waals surface area contributed by atoms with Crippen molar-refractivity contribution in [3.05, 3.63) is 40.8 Å². The Morgan fingerprint density at radius 2 is 2.27 bits per heavy atom. The van der Waals surface area contributed by atoms with E-state index in [0.29, 0.717) is 16.4 Å². The number of aliphatic carboxylic acids is 1. The number of rotatable bonds is 4. The number of thioether (sulfide) groups is 1. The molecule has 0 aromatic heterocycles. The number of hydrogen-bond acceptors (Lipinski definition) is 4. The quantitative estimate of drug-likeness (QED) is 0.923. The predicted octanol–water partition coefficient (Wildman–Crippen LogP) is 3.26. The first-order valence-corrected chi connectivity index (χ1v) is 8.00. The van der Waals surface area contributed by atoms with Crippen LogP contribution in [0.25, 0.3) is 4.91 Å². The van der Waals surface area contributed by atoms with Gasteiger partial charge in [0, 0.05) is 11.4 Å².